The standard InChI is InChI=1S/C13H12ClN3O/c1-9-4-3-5-10(6-9)17(2)13(18)11-7-15-8-12(14)16-11/h3-8H,1-2H3. The van der Waals surface area contributed by atoms with Crippen LogP contribution in [0.5, 0.6) is 0 Å². The highest BCUT2D eigenvalue weighted by Gasteiger charge is 2.15. The summed E-state index contributed by atoms with van der Waals surface area (Å²) in [5.41, 5.74) is 2.12. The highest BCUT2D eigenvalue weighted by molar-refractivity contribution is 6.29. The molecule has 0 bridgehead atoms. The Balaban J connectivity index is 2.29. The summed E-state index contributed by atoms with van der Waals surface area (Å²) in [4.78, 5) is 21.5. The van der Waals surface area contributed by atoms with Gasteiger partial charge in [-0.25, -0.2) is 4.98 Å². The van der Waals surface area contributed by atoms with Crippen molar-refractivity contribution in [1.82, 2.24) is 9.97 Å². The van der Waals surface area contributed by atoms with Crippen LogP contribution >= 0.6 is 11.6 Å². The number of hydrogen-bond donors (Lipinski definition) is 0. The van der Waals surface area contributed by atoms with Crippen LogP contribution in [-0.4, -0.2) is 22.9 Å². The van der Waals surface area contributed by atoms with Crippen molar-refractivity contribution in [1.29, 1.82) is 0 Å². The Labute approximate surface area is 110 Å². The van der Waals surface area contributed by atoms with E-state index in [-0.39, 0.29) is 16.8 Å². The highest BCUT2D eigenvalue weighted by Crippen LogP contribution is 2.16. The monoisotopic (exact) mass is 261 g/mol. The fourth-order valence-corrected chi connectivity index (χ4v) is 1.72. The van der Waals surface area contributed by atoms with Crippen molar-refractivity contribution < 1.29 is 4.79 Å². The molecule has 1 aromatic carbocycles. The number of anilines is 1. The summed E-state index contributed by atoms with van der Waals surface area (Å²) in [5.74, 6) is -0.240. The van der Waals surface area contributed by atoms with Crippen LogP contribution in [0, 0.1) is 6.92 Å². The molecule has 5 heteroatoms. The molecule has 0 saturated heterocycles. The summed E-state index contributed by atoms with van der Waals surface area (Å²) in [6.07, 6.45) is 2.80. The van der Waals surface area contributed by atoms with Crippen LogP contribution in [0.3, 0.4) is 0 Å². The second-order valence-corrected chi connectivity index (χ2v) is 4.32. The van der Waals surface area contributed by atoms with Crippen LogP contribution in [0.25, 0.3) is 0 Å². The lowest BCUT2D eigenvalue weighted by molar-refractivity contribution is 0.0988. The predicted molar refractivity (Wildman–Crippen MR) is 71.0 cm³/mol. The fourth-order valence-electron chi connectivity index (χ4n) is 1.57. The lowest BCUT2D eigenvalue weighted by atomic mass is 10.2. The first-order valence-electron chi connectivity index (χ1n) is 5.40. The molecule has 0 fully saturated rings. The first-order valence-corrected chi connectivity index (χ1v) is 5.78. The molecule has 0 radical (unpaired) electrons. The van der Waals surface area contributed by atoms with Gasteiger partial charge >= 0.3 is 0 Å². The number of aromatic nitrogens is 2. The second kappa shape index (κ2) is 5.14. The van der Waals surface area contributed by atoms with Crippen molar-refractivity contribution >= 4 is 23.2 Å². The van der Waals surface area contributed by atoms with Crippen LogP contribution < -0.4 is 4.90 Å². The number of carbonyl (C=O) groups excluding carboxylic acids is 1. The number of carbonyl (C=O) groups is 1. The Bertz CT molecular complexity index is 586. The number of aryl methyl sites for hydroxylation is 1. The minimum Gasteiger partial charge on any atom is -0.310 e. The molecule has 0 aliphatic carbocycles. The molecule has 0 spiro atoms. The fraction of sp³-hybridized carbons (Fsp3) is 0.154. The Morgan fingerprint density at radius 1 is 1.33 bits per heavy atom. The van der Waals surface area contributed by atoms with Crippen LogP contribution in [0.4, 0.5) is 5.69 Å². The van der Waals surface area contributed by atoms with Gasteiger partial charge in [-0.3, -0.25) is 9.78 Å². The van der Waals surface area contributed by atoms with Crippen molar-refractivity contribution in [2.45, 2.75) is 6.92 Å². The number of rotatable bonds is 2. The zero-order valence-corrected chi connectivity index (χ0v) is 10.8. The molecule has 2 aromatic rings. The molecule has 0 atom stereocenters. The van der Waals surface area contributed by atoms with Gasteiger partial charge in [0.15, 0.2) is 0 Å². The lowest BCUT2D eigenvalue weighted by Gasteiger charge is -2.17. The molecular formula is C13H12ClN3O. The number of hydrogen-bond acceptors (Lipinski definition) is 3. The SMILES string of the molecule is Cc1cccc(N(C)C(=O)c2cncc(Cl)n2)c1. The Kier molecular flexibility index (Phi) is 3.58. The van der Waals surface area contributed by atoms with Crippen molar-refractivity contribution in [3.8, 4) is 0 Å². The molecule has 0 aliphatic heterocycles. The summed E-state index contributed by atoms with van der Waals surface area (Å²) in [7, 11) is 1.69. The minimum absolute atomic E-state index is 0.207. The van der Waals surface area contributed by atoms with Gasteiger partial charge in [0.25, 0.3) is 5.91 Å². The Hall–Kier alpha value is -1.94. The van der Waals surface area contributed by atoms with E-state index >= 15 is 0 Å². The molecule has 0 unspecified atom stereocenters. The van der Waals surface area contributed by atoms with E-state index in [1.165, 1.54) is 17.3 Å². The van der Waals surface area contributed by atoms with E-state index in [0.29, 0.717) is 0 Å². The Morgan fingerprint density at radius 2 is 2.11 bits per heavy atom. The van der Waals surface area contributed by atoms with E-state index in [1.54, 1.807) is 7.05 Å². The van der Waals surface area contributed by atoms with Gasteiger partial charge in [-0.15, -0.1) is 0 Å². The summed E-state index contributed by atoms with van der Waals surface area (Å²) in [6, 6.07) is 7.66. The number of halogens is 1. The molecule has 4 nitrogen and oxygen atoms in total. The Morgan fingerprint density at radius 3 is 2.78 bits per heavy atom. The molecule has 0 saturated carbocycles. The maximum absolute atomic E-state index is 12.2. The normalized spacial score (nSPS) is 10.2. The van der Waals surface area contributed by atoms with E-state index in [0.717, 1.165) is 11.3 Å². The number of nitrogens with zero attached hydrogens (tertiary/aromatic N) is 3. The van der Waals surface area contributed by atoms with Crippen molar-refractivity contribution in [2.75, 3.05) is 11.9 Å². The second-order valence-electron chi connectivity index (χ2n) is 3.93. The average molecular weight is 262 g/mol. The summed E-state index contributed by atoms with van der Waals surface area (Å²) in [5, 5.41) is 0.207. The van der Waals surface area contributed by atoms with Gasteiger partial charge in [-0.2, -0.15) is 0 Å². The van der Waals surface area contributed by atoms with Gasteiger partial charge in [0.1, 0.15) is 10.8 Å². The van der Waals surface area contributed by atoms with Crippen LogP contribution in [0.2, 0.25) is 5.15 Å². The molecule has 92 valence electrons. The smallest absolute Gasteiger partial charge is 0.278 e. The quantitative estimate of drug-likeness (QED) is 0.835. The molecule has 1 heterocycles. The first-order chi connectivity index (χ1) is 8.58. The van der Waals surface area contributed by atoms with E-state index in [1.807, 2.05) is 31.2 Å². The zero-order valence-electron chi connectivity index (χ0n) is 10.1. The zero-order chi connectivity index (χ0) is 13.1. The van der Waals surface area contributed by atoms with Crippen LogP contribution in [0.1, 0.15) is 16.1 Å². The van der Waals surface area contributed by atoms with Crippen LogP contribution in [0.15, 0.2) is 36.7 Å². The van der Waals surface area contributed by atoms with Crippen LogP contribution in [-0.2, 0) is 0 Å². The van der Waals surface area contributed by atoms with Gasteiger partial charge in [-0.05, 0) is 24.6 Å². The van der Waals surface area contributed by atoms with Crippen molar-refractivity contribution in [2.24, 2.45) is 0 Å². The van der Waals surface area contributed by atoms with E-state index in [4.69, 9.17) is 11.6 Å². The molecule has 18 heavy (non-hydrogen) atoms. The predicted octanol–water partition coefficient (Wildman–Crippen LogP) is 2.72. The molecule has 1 amide bonds. The molecule has 1 aromatic heterocycles. The maximum Gasteiger partial charge on any atom is 0.278 e. The van der Waals surface area contributed by atoms with Crippen molar-refractivity contribution in [3.05, 3.63) is 53.1 Å². The molecular weight excluding hydrogens is 250 g/mol. The van der Waals surface area contributed by atoms with Gasteiger partial charge < -0.3 is 4.90 Å². The third-order valence-corrected chi connectivity index (χ3v) is 2.70. The van der Waals surface area contributed by atoms with E-state index in [2.05, 4.69) is 9.97 Å². The largest absolute Gasteiger partial charge is 0.310 e. The van der Waals surface area contributed by atoms with Gasteiger partial charge in [0.2, 0.25) is 0 Å². The van der Waals surface area contributed by atoms with E-state index < -0.39 is 0 Å². The lowest BCUT2D eigenvalue weighted by Crippen LogP contribution is -2.27. The third kappa shape index (κ3) is 2.65. The van der Waals surface area contributed by atoms with Gasteiger partial charge in [0.05, 0.1) is 12.4 Å². The number of benzene rings is 1. The minimum atomic E-state index is -0.240. The van der Waals surface area contributed by atoms with E-state index in [9.17, 15) is 4.79 Å². The van der Waals surface area contributed by atoms with Gasteiger partial charge in [-0.1, -0.05) is 23.7 Å². The number of amides is 1. The third-order valence-electron chi connectivity index (χ3n) is 2.52. The first kappa shape index (κ1) is 12.5. The molecule has 0 aliphatic rings. The molecule has 0 N–H and O–H groups in total. The molecule has 2 rings (SSSR count). The van der Waals surface area contributed by atoms with Crippen molar-refractivity contribution in [3.63, 3.8) is 0 Å². The topological polar surface area (TPSA) is 46.1 Å². The maximum atomic E-state index is 12.2. The summed E-state index contributed by atoms with van der Waals surface area (Å²) in [6.45, 7) is 1.97. The summed E-state index contributed by atoms with van der Waals surface area (Å²) >= 11 is 5.72. The average Bonchev–Trinajstić information content (AvgIpc) is 2.37. The summed E-state index contributed by atoms with van der Waals surface area (Å²) < 4.78 is 0. The van der Waals surface area contributed by atoms with Gasteiger partial charge in [0, 0.05) is 12.7 Å². The highest BCUT2D eigenvalue weighted by atomic mass is 35.5.